The van der Waals surface area contributed by atoms with Gasteiger partial charge in [-0.2, -0.15) is 12.1 Å². The monoisotopic (exact) mass is 724 g/mol. The Kier molecular flexibility index (Phi) is 11.9. The Hall–Kier alpha value is -4.10. The topological polar surface area (TPSA) is 0 Å². The van der Waals surface area contributed by atoms with E-state index >= 15 is 0 Å². The summed E-state index contributed by atoms with van der Waals surface area (Å²) in [5, 5.41) is 10.7. The molecule has 0 fully saturated rings. The van der Waals surface area contributed by atoms with E-state index < -0.39 is 0 Å². The number of rotatable bonds is 3. The third-order valence-corrected chi connectivity index (χ3v) is 9.62. The molecule has 9 rings (SSSR count). The molecule has 0 amide bonds. The van der Waals surface area contributed by atoms with E-state index in [4.69, 9.17) is 0 Å². The van der Waals surface area contributed by atoms with E-state index in [0.717, 1.165) is 0 Å². The fourth-order valence-electron chi connectivity index (χ4n) is 7.36. The molecule has 0 nitrogen and oxygen atoms in total. The van der Waals surface area contributed by atoms with Gasteiger partial charge in [-0.05, 0) is 51.4 Å². The summed E-state index contributed by atoms with van der Waals surface area (Å²) in [5.74, 6) is 0.595. The van der Waals surface area contributed by atoms with Gasteiger partial charge in [-0.25, -0.2) is 0 Å². The molecule has 49 heavy (non-hydrogen) atoms. The maximum atomic E-state index is 3.06. The number of hydrogen-bond acceptors (Lipinski definition) is 0. The van der Waals surface area contributed by atoms with E-state index in [1.807, 2.05) is 0 Å². The Balaban J connectivity index is 0.000000177. The summed E-state index contributed by atoms with van der Waals surface area (Å²) in [6.45, 7) is 7.42. The van der Waals surface area contributed by atoms with Crippen molar-refractivity contribution in [3.8, 4) is 22.3 Å². The maximum absolute atomic E-state index is 3.06. The summed E-state index contributed by atoms with van der Waals surface area (Å²) in [5.41, 5.74) is 9.48. The van der Waals surface area contributed by atoms with Gasteiger partial charge in [0, 0.05) is 0 Å². The third-order valence-electron chi connectivity index (χ3n) is 9.62. The molecule has 1 aliphatic rings. The van der Waals surface area contributed by atoms with Crippen molar-refractivity contribution in [2.24, 2.45) is 0 Å². The summed E-state index contributed by atoms with van der Waals surface area (Å²) in [4.78, 5) is 0. The molecule has 1 atom stereocenters. The molecule has 242 valence electrons. The van der Waals surface area contributed by atoms with Crippen molar-refractivity contribution in [1.82, 2.24) is 0 Å². The van der Waals surface area contributed by atoms with E-state index in [-0.39, 0.29) is 14.9 Å². The summed E-state index contributed by atoms with van der Waals surface area (Å²) in [7, 11) is 0. The second-order valence-electron chi connectivity index (χ2n) is 12.6. The Morgan fingerprint density at radius 2 is 1.12 bits per heavy atom. The average Bonchev–Trinajstić information content (AvgIpc) is 3.90. The van der Waals surface area contributed by atoms with Crippen molar-refractivity contribution in [1.29, 1.82) is 0 Å². The van der Waals surface area contributed by atoms with Gasteiger partial charge in [0.25, 0.3) is 0 Å². The summed E-state index contributed by atoms with van der Waals surface area (Å²) < 4.78 is 0. The molecule has 2 heteroatoms. The molecule has 0 spiro atoms. The van der Waals surface area contributed by atoms with Crippen LogP contribution in [0.3, 0.4) is 0 Å². The van der Waals surface area contributed by atoms with Crippen molar-refractivity contribution in [2.75, 3.05) is 0 Å². The van der Waals surface area contributed by atoms with Gasteiger partial charge in [-0.1, -0.05) is 134 Å². The quantitative estimate of drug-likeness (QED) is 0.0966. The number of hydrogen-bond donors (Lipinski definition) is 0. The van der Waals surface area contributed by atoms with Gasteiger partial charge in [0.1, 0.15) is 0 Å². The molecule has 1 aliphatic carbocycles. The van der Waals surface area contributed by atoms with Crippen molar-refractivity contribution in [2.45, 2.75) is 32.6 Å². The van der Waals surface area contributed by atoms with Crippen molar-refractivity contribution in [3.63, 3.8) is 0 Å². The van der Waals surface area contributed by atoms with E-state index in [1.165, 1.54) is 118 Å². The Labute approximate surface area is 309 Å². The molecule has 0 aliphatic heterocycles. The van der Waals surface area contributed by atoms with E-state index in [2.05, 4.69) is 172 Å². The second kappa shape index (κ2) is 16.1. The average molecular weight is 726 g/mol. The van der Waals surface area contributed by atoms with Crippen LogP contribution in [0.25, 0.3) is 65.3 Å². The molecule has 0 saturated heterocycles. The summed E-state index contributed by atoms with van der Waals surface area (Å²) in [6.07, 6.45) is 7.14. The minimum absolute atomic E-state index is 0. The SMILES string of the molecule is C1=CC(c2cc3c(-c4cccc5ccccc45)cccc3[cH-]2)CC1.Cc1cc2c(-c3cccc4ccccc34)ccc(C)c2[cH-]1.[CH3-].[CH3-].[Si]=[Zr]. The number of fused-ring (bicyclic) bond motifs is 4. The fourth-order valence-corrected chi connectivity index (χ4v) is 7.36. The first-order valence-corrected chi connectivity index (χ1v) is 20.6. The first-order valence-electron chi connectivity index (χ1n) is 16.4. The molecular formula is C47H42SiZr-4. The first-order chi connectivity index (χ1) is 23.1. The predicted molar refractivity (Wildman–Crippen MR) is 214 cm³/mol. The van der Waals surface area contributed by atoms with Crippen LogP contribution < -0.4 is 0 Å². The van der Waals surface area contributed by atoms with Crippen LogP contribution in [0.1, 0.15) is 35.4 Å². The molecule has 8 aromatic carbocycles. The second-order valence-corrected chi connectivity index (χ2v) is 12.6. The molecule has 1 unspecified atom stereocenters. The number of aryl methyl sites for hydroxylation is 2. The van der Waals surface area contributed by atoms with Gasteiger partial charge >= 0.3 is 30.2 Å². The van der Waals surface area contributed by atoms with Crippen LogP contribution in [-0.2, 0) is 23.3 Å². The summed E-state index contributed by atoms with van der Waals surface area (Å²) in [6, 6.07) is 51.0. The molecule has 8 aromatic rings. The molecule has 0 aromatic heterocycles. The van der Waals surface area contributed by atoms with Crippen LogP contribution in [0.2, 0.25) is 0 Å². The zero-order chi connectivity index (χ0) is 32.3. The molecule has 2 radical (unpaired) electrons. The predicted octanol–water partition coefficient (Wildman–Crippen LogP) is 13.3. The van der Waals surface area contributed by atoms with Crippen LogP contribution in [-0.4, -0.2) is 6.88 Å². The van der Waals surface area contributed by atoms with E-state index in [9.17, 15) is 0 Å². The van der Waals surface area contributed by atoms with Gasteiger partial charge in [-0.15, -0.1) is 68.6 Å². The zero-order valence-corrected chi connectivity index (χ0v) is 32.4. The third kappa shape index (κ3) is 7.14. The molecule has 0 saturated carbocycles. The molecule has 0 heterocycles. The van der Waals surface area contributed by atoms with Crippen molar-refractivity contribution >= 4 is 50.0 Å². The number of benzene rings is 6. The fraction of sp³-hybridized carbons (Fsp3) is 0.106. The Morgan fingerprint density at radius 3 is 1.73 bits per heavy atom. The number of allylic oxidation sites excluding steroid dienone is 2. The molecule has 0 N–H and O–H groups in total. The normalized spacial score (nSPS) is 13.3. The van der Waals surface area contributed by atoms with Gasteiger partial charge in [0.2, 0.25) is 0 Å². The van der Waals surface area contributed by atoms with Crippen molar-refractivity contribution < 1.29 is 23.3 Å². The van der Waals surface area contributed by atoms with Gasteiger partial charge in [0.15, 0.2) is 0 Å². The Morgan fingerprint density at radius 1 is 0.571 bits per heavy atom. The van der Waals surface area contributed by atoms with Crippen LogP contribution in [0.4, 0.5) is 0 Å². The molecule has 0 bridgehead atoms. The van der Waals surface area contributed by atoms with Crippen LogP contribution >= 0.6 is 0 Å². The van der Waals surface area contributed by atoms with Gasteiger partial charge in [-0.3, -0.25) is 0 Å². The van der Waals surface area contributed by atoms with Crippen LogP contribution in [0.5, 0.6) is 0 Å². The minimum atomic E-state index is 0. The molecular weight excluding hydrogens is 684 g/mol. The standard InChI is InChI=1S/C24H19.C21H17.2CH3.Si.Zr/c1-2-8-17(7-1)20-15-19-11-6-14-23(24(19)16-20)22-13-5-10-18-9-3-4-12-21(18)22;1-14-12-20-15(2)10-11-19(21(20)13-14)18-9-5-7-16-6-3-4-8-17(16)18;;;;/h1,3-7,9-17H,2,8H2;3-13H,1-2H3;2*1H3;;/q4*-1;;. The first kappa shape index (κ1) is 36.2. The Bertz CT molecular complexity index is 2370. The van der Waals surface area contributed by atoms with Crippen LogP contribution in [0, 0.1) is 28.7 Å². The van der Waals surface area contributed by atoms with E-state index in [1.54, 1.807) is 0 Å². The van der Waals surface area contributed by atoms with Crippen molar-refractivity contribution in [3.05, 3.63) is 183 Å². The van der Waals surface area contributed by atoms with Gasteiger partial charge < -0.3 is 14.9 Å². The summed E-state index contributed by atoms with van der Waals surface area (Å²) >= 11 is 1.36. The van der Waals surface area contributed by atoms with E-state index in [0.29, 0.717) is 5.92 Å². The van der Waals surface area contributed by atoms with Crippen LogP contribution in [0.15, 0.2) is 152 Å². The zero-order valence-electron chi connectivity index (χ0n) is 28.9. The van der Waals surface area contributed by atoms with Gasteiger partial charge in [0.05, 0.1) is 0 Å².